The number of anilines is 1. The standard InChI is InChI=1S/C23H32N2O4.C16H18Cl2N2O4.C16H17N3O5S.C9H8Cl2O3/c1-7-16-13-15(3)14-17(8-2)18(16)19-20(26)24-9-11-28-12-10-25(24)21(19)29-22(27)23(4,5)6;1-4-23-14(21)12-9-16(3,15(22)24-5-2)20(19-12)13-7-6-10(17)8-11(13)18;1-9-10(15(20)11-8-17-19(2)16(11)21)4-5-13(25(3,22)23)14(9)12-6-7-24-18-12;1-5(9(12)13)14-8-3-2-6(10)4-7(8)11/h13-14H,7-12H2,1-6H3;6-8H,4-5,9H2,1-3H3;4-5,8,17H,6-7H2,1-3H3;2-5H,1H3,(H,12,13). The fourth-order valence-corrected chi connectivity index (χ4v) is 11.8. The van der Waals surface area contributed by atoms with Gasteiger partial charge in [-0.2, -0.15) is 5.10 Å². The van der Waals surface area contributed by atoms with E-state index < -0.39 is 56.1 Å². The highest BCUT2D eigenvalue weighted by Gasteiger charge is 2.50. The zero-order chi connectivity index (χ0) is 68.3. The summed E-state index contributed by atoms with van der Waals surface area (Å²) < 4.78 is 55.6. The Labute approximate surface area is 552 Å². The summed E-state index contributed by atoms with van der Waals surface area (Å²) in [6, 6.07) is 16.5. The molecule has 0 spiro atoms. The summed E-state index contributed by atoms with van der Waals surface area (Å²) in [5.74, 6) is -2.29. The number of ether oxygens (including phenoxy) is 5. The van der Waals surface area contributed by atoms with Crippen LogP contribution in [-0.2, 0) is 81.0 Å². The maximum atomic E-state index is 13.5. The third-order valence-electron chi connectivity index (χ3n) is 14.6. The number of carboxylic acids is 1. The number of hydrogen-bond acceptors (Lipinski definition) is 18. The number of H-pyrrole nitrogens is 1. The van der Waals surface area contributed by atoms with Gasteiger partial charge in [0, 0.05) is 53.5 Å². The van der Waals surface area contributed by atoms with Gasteiger partial charge in [-0.3, -0.25) is 23.9 Å². The molecule has 2 N–H and O–H groups in total. The highest BCUT2D eigenvalue weighted by molar-refractivity contribution is 7.90. The first kappa shape index (κ1) is 73.3. The van der Waals surface area contributed by atoms with Crippen LogP contribution in [0.3, 0.4) is 0 Å². The maximum Gasteiger partial charge on any atom is 0.354 e. The normalized spacial score (nSPS) is 15.5. The average Bonchev–Trinajstić information content (AvgIpc) is 1.55. The molecule has 2 unspecified atom stereocenters. The smallest absolute Gasteiger partial charge is 0.354 e. The van der Waals surface area contributed by atoms with Gasteiger partial charge in [-0.05, 0) is 146 Å². The van der Waals surface area contributed by atoms with E-state index in [1.165, 1.54) is 59.7 Å². The van der Waals surface area contributed by atoms with Gasteiger partial charge in [-0.1, -0.05) is 83.1 Å². The van der Waals surface area contributed by atoms with Crippen LogP contribution in [0, 0.1) is 19.3 Å². The lowest BCUT2D eigenvalue weighted by Crippen LogP contribution is -2.48. The Hall–Kier alpha value is -7.74. The zero-order valence-corrected chi connectivity index (χ0v) is 57.2. The molecule has 0 fully saturated rings. The summed E-state index contributed by atoms with van der Waals surface area (Å²) in [5, 5.41) is 22.4. The van der Waals surface area contributed by atoms with Crippen LogP contribution in [0.4, 0.5) is 5.69 Å². The number of carbonyl (C=O) groups excluding carboxylic acids is 4. The molecule has 28 heteroatoms. The fraction of sp³-hybridized carbons (Fsp3) is 0.422. The molecule has 6 aromatic rings. The molecule has 0 radical (unpaired) electrons. The van der Waals surface area contributed by atoms with Gasteiger partial charge in [-0.15, -0.1) is 0 Å². The molecule has 5 heterocycles. The maximum absolute atomic E-state index is 13.5. The minimum Gasteiger partial charge on any atom is -0.479 e. The van der Waals surface area contributed by atoms with Crippen molar-refractivity contribution in [2.24, 2.45) is 22.7 Å². The van der Waals surface area contributed by atoms with Crippen molar-refractivity contribution in [2.45, 2.75) is 131 Å². The summed E-state index contributed by atoms with van der Waals surface area (Å²) in [4.78, 5) is 91.2. The number of aliphatic carboxylic acids is 1. The van der Waals surface area contributed by atoms with Crippen LogP contribution in [-0.4, -0.2) is 125 Å². The number of esters is 3. The monoisotopic (exact) mass is 1370 g/mol. The molecule has 0 aliphatic carbocycles. The summed E-state index contributed by atoms with van der Waals surface area (Å²) in [6.07, 6.45) is 3.61. The lowest BCUT2D eigenvalue weighted by atomic mass is 9.91. The van der Waals surface area contributed by atoms with Crippen LogP contribution in [0.1, 0.15) is 119 Å². The first-order valence-corrected chi connectivity index (χ1v) is 32.7. The van der Waals surface area contributed by atoms with Crippen molar-refractivity contribution in [3.05, 3.63) is 147 Å². The molecule has 496 valence electrons. The molecule has 92 heavy (non-hydrogen) atoms. The summed E-state index contributed by atoms with van der Waals surface area (Å²) >= 11 is 23.6. The van der Waals surface area contributed by atoms with Crippen molar-refractivity contribution in [3.8, 4) is 22.8 Å². The van der Waals surface area contributed by atoms with Crippen molar-refractivity contribution in [1.29, 1.82) is 0 Å². The van der Waals surface area contributed by atoms with Gasteiger partial charge >= 0.3 is 23.9 Å². The first-order valence-electron chi connectivity index (χ1n) is 29.3. The van der Waals surface area contributed by atoms with Gasteiger partial charge in [0.15, 0.2) is 27.3 Å². The molecule has 2 aromatic heterocycles. The molecule has 2 atom stereocenters. The van der Waals surface area contributed by atoms with E-state index in [9.17, 15) is 42.0 Å². The Bertz CT molecular complexity index is 4060. The molecule has 0 bridgehead atoms. The summed E-state index contributed by atoms with van der Waals surface area (Å²) in [7, 11) is -2.02. The van der Waals surface area contributed by atoms with E-state index in [1.54, 1.807) is 61.3 Å². The van der Waals surface area contributed by atoms with Crippen molar-refractivity contribution >= 4 is 103 Å². The van der Waals surface area contributed by atoms with Crippen molar-refractivity contribution in [3.63, 3.8) is 0 Å². The predicted molar refractivity (Wildman–Crippen MR) is 351 cm³/mol. The largest absolute Gasteiger partial charge is 0.479 e. The SMILES string of the molecule is CC(Oc1ccc(Cl)cc1Cl)C(=O)O.CCOC(=O)C1=NN(c2ccc(Cl)cc2Cl)C(C)(C(=O)OCC)C1.CCc1cc(C)cc(CC)c1-c1c(OC(=O)C(C)(C)C)n2n(c1=O)CCOCC2.Cc1c(C(=O)c2c[nH]n(C)c2=O)ccc(S(C)(=O)=O)c1C1=NOCC1. The summed E-state index contributed by atoms with van der Waals surface area (Å²) in [6.45, 7) is 22.5. The zero-order valence-electron chi connectivity index (χ0n) is 53.4. The molecule has 4 aromatic carbocycles. The minimum atomic E-state index is -3.52. The van der Waals surface area contributed by atoms with Gasteiger partial charge in [-0.25, -0.2) is 37.2 Å². The Kier molecular flexibility index (Phi) is 24.9. The predicted octanol–water partition coefficient (Wildman–Crippen LogP) is 10.8. The number of nitrogens with zero attached hydrogens (tertiary/aromatic N) is 6. The van der Waals surface area contributed by atoms with Gasteiger partial charge in [0.2, 0.25) is 5.88 Å². The number of fused-ring (bicyclic) bond motifs is 1. The number of ketones is 1. The number of aromatic nitrogens is 4. The number of carboxylic acid groups (broad SMARTS) is 1. The highest BCUT2D eigenvalue weighted by Crippen LogP contribution is 2.40. The molecular weight excluding hydrogens is 1300 g/mol. The number of benzene rings is 4. The van der Waals surface area contributed by atoms with E-state index in [-0.39, 0.29) is 52.9 Å². The number of carbonyl (C=O) groups is 5. The number of nitrogens with one attached hydrogen (secondary N) is 1. The summed E-state index contributed by atoms with van der Waals surface area (Å²) in [5.41, 5.74) is 4.50. The first-order chi connectivity index (χ1) is 43.2. The van der Waals surface area contributed by atoms with Gasteiger partial charge < -0.3 is 38.7 Å². The Balaban J connectivity index is 0.000000200. The van der Waals surface area contributed by atoms with Crippen LogP contribution in [0.15, 0.2) is 91.6 Å². The number of oxime groups is 1. The molecule has 0 amide bonds. The van der Waals surface area contributed by atoms with Crippen LogP contribution in [0.2, 0.25) is 20.1 Å². The quantitative estimate of drug-likeness (QED) is 0.0672. The van der Waals surface area contributed by atoms with E-state index in [1.807, 2.05) is 20.8 Å². The van der Waals surface area contributed by atoms with E-state index in [4.69, 9.17) is 80.0 Å². The van der Waals surface area contributed by atoms with Crippen molar-refractivity contribution in [2.75, 3.05) is 44.3 Å². The molecule has 3 aliphatic heterocycles. The van der Waals surface area contributed by atoms with E-state index >= 15 is 0 Å². The number of sulfone groups is 1. The Morgan fingerprint density at radius 2 is 1.40 bits per heavy atom. The molecule has 9 rings (SSSR count). The van der Waals surface area contributed by atoms with E-state index in [0.717, 1.165) is 35.8 Å². The minimum absolute atomic E-state index is 0.00623. The van der Waals surface area contributed by atoms with Gasteiger partial charge in [0.1, 0.15) is 29.2 Å². The lowest BCUT2D eigenvalue weighted by Gasteiger charge is -2.32. The van der Waals surface area contributed by atoms with E-state index in [2.05, 4.69) is 48.3 Å². The van der Waals surface area contributed by atoms with Crippen molar-refractivity contribution < 1.29 is 66.0 Å². The van der Waals surface area contributed by atoms with Crippen LogP contribution >= 0.6 is 46.4 Å². The lowest BCUT2D eigenvalue weighted by molar-refractivity contribution is -0.148. The van der Waals surface area contributed by atoms with Crippen LogP contribution in [0.25, 0.3) is 11.1 Å². The Morgan fingerprint density at radius 1 is 0.793 bits per heavy atom. The van der Waals surface area contributed by atoms with Gasteiger partial charge in [0.25, 0.3) is 11.1 Å². The second-order valence-electron chi connectivity index (χ2n) is 22.6. The second-order valence-corrected chi connectivity index (χ2v) is 26.2. The van der Waals surface area contributed by atoms with Crippen LogP contribution < -0.4 is 25.6 Å². The molecular formula is C64H75Cl4N7O16S. The topological polar surface area (TPSA) is 288 Å². The number of hydrazone groups is 1. The van der Waals surface area contributed by atoms with Crippen LogP contribution in [0.5, 0.6) is 11.6 Å². The number of aromatic amines is 1. The molecule has 23 nitrogen and oxygen atoms in total. The van der Waals surface area contributed by atoms with E-state index in [0.29, 0.717) is 99.1 Å². The molecule has 0 saturated heterocycles. The third kappa shape index (κ3) is 17.1. The van der Waals surface area contributed by atoms with Gasteiger partial charge in [0.05, 0.1) is 71.3 Å². The fourth-order valence-electron chi connectivity index (χ4n) is 9.87. The third-order valence-corrected chi connectivity index (χ3v) is 16.8. The number of rotatable bonds is 16. The number of halogens is 4. The molecule has 3 aliphatic rings. The number of hydrogen-bond donors (Lipinski definition) is 2. The average molecular weight is 1370 g/mol. The second kappa shape index (κ2) is 31.3. The highest BCUT2D eigenvalue weighted by atomic mass is 35.5. The molecule has 0 saturated carbocycles. The number of aryl methyl sites for hydroxylation is 4. The Morgan fingerprint density at radius 3 is 1.92 bits per heavy atom. The van der Waals surface area contributed by atoms with Crippen molar-refractivity contribution in [1.82, 2.24) is 19.1 Å².